The summed E-state index contributed by atoms with van der Waals surface area (Å²) in [7, 11) is 0. The Kier molecular flexibility index (Phi) is 3.61. The molecule has 2 heterocycles. The topological polar surface area (TPSA) is 22.2 Å². The summed E-state index contributed by atoms with van der Waals surface area (Å²) in [4.78, 5) is 4.99. The molecule has 0 radical (unpaired) electrons. The number of rotatable bonds is 2. The lowest BCUT2D eigenvalue weighted by Gasteiger charge is -2.08. The lowest BCUT2D eigenvalue weighted by Crippen LogP contribution is -1.95. The van der Waals surface area contributed by atoms with Crippen LogP contribution in [-0.4, -0.2) is 14.0 Å². The minimum Gasteiger partial charge on any atom is -0.278 e. The molecule has 0 amide bonds. The van der Waals surface area contributed by atoms with Crippen LogP contribution in [0.5, 0.6) is 0 Å². The first-order valence-corrected chi connectivity index (χ1v) is 10.3. The van der Waals surface area contributed by atoms with Crippen LogP contribution in [0.2, 0.25) is 0 Å². The normalized spacial score (nSPS) is 11.6. The van der Waals surface area contributed by atoms with Crippen molar-refractivity contribution in [1.29, 1.82) is 0 Å². The highest BCUT2D eigenvalue weighted by Crippen LogP contribution is 2.33. The van der Waals surface area contributed by atoms with Gasteiger partial charge in [-0.25, -0.2) is 4.98 Å². The summed E-state index contributed by atoms with van der Waals surface area (Å²) in [5.41, 5.74) is 7.85. The average Bonchev–Trinajstić information content (AvgIpc) is 3.29. The van der Waals surface area contributed by atoms with Gasteiger partial charge in [0.15, 0.2) is 0 Å². The van der Waals surface area contributed by atoms with Crippen LogP contribution in [-0.2, 0) is 0 Å². The van der Waals surface area contributed by atoms with Crippen LogP contribution >= 0.6 is 15.9 Å². The fourth-order valence-corrected chi connectivity index (χ4v) is 4.64. The largest absolute Gasteiger partial charge is 0.278 e. The highest BCUT2D eigenvalue weighted by atomic mass is 79.9. The van der Waals surface area contributed by atoms with Crippen molar-refractivity contribution in [1.82, 2.24) is 14.0 Å². The van der Waals surface area contributed by atoms with Crippen LogP contribution in [0.1, 0.15) is 0 Å². The molecule has 138 valence electrons. The summed E-state index contributed by atoms with van der Waals surface area (Å²) < 4.78 is 5.53. The standard InChI is InChI=1S/C25H16BrN3/c26-20-12-7-13-21-24(20)29-23-15-5-4-14-22(23)28(25(29)27-21)19-11-6-10-18(16-19)17-8-2-1-3-9-17/h1-16H. The first kappa shape index (κ1) is 16.6. The number of para-hydroxylation sites is 3. The molecule has 6 rings (SSSR count). The zero-order valence-electron chi connectivity index (χ0n) is 15.5. The molecule has 0 saturated heterocycles. The second kappa shape index (κ2) is 6.33. The number of hydrogen-bond donors (Lipinski definition) is 0. The van der Waals surface area contributed by atoms with E-state index in [9.17, 15) is 0 Å². The Labute approximate surface area is 176 Å². The van der Waals surface area contributed by atoms with Crippen molar-refractivity contribution >= 4 is 43.8 Å². The Morgan fingerprint density at radius 1 is 0.655 bits per heavy atom. The van der Waals surface area contributed by atoms with Gasteiger partial charge in [-0.15, -0.1) is 0 Å². The Balaban J connectivity index is 1.72. The van der Waals surface area contributed by atoms with Crippen molar-refractivity contribution in [2.24, 2.45) is 0 Å². The maximum atomic E-state index is 4.99. The Hall–Kier alpha value is -3.37. The first-order valence-electron chi connectivity index (χ1n) is 9.53. The fraction of sp³-hybridized carbons (Fsp3) is 0. The molecule has 0 atom stereocenters. The van der Waals surface area contributed by atoms with E-state index in [4.69, 9.17) is 4.98 Å². The zero-order chi connectivity index (χ0) is 19.4. The quantitative estimate of drug-likeness (QED) is 0.290. The van der Waals surface area contributed by atoms with Gasteiger partial charge in [0.1, 0.15) is 0 Å². The number of halogens is 1. The van der Waals surface area contributed by atoms with E-state index < -0.39 is 0 Å². The summed E-state index contributed by atoms with van der Waals surface area (Å²) in [6.45, 7) is 0. The highest BCUT2D eigenvalue weighted by Gasteiger charge is 2.18. The smallest absolute Gasteiger partial charge is 0.220 e. The van der Waals surface area contributed by atoms with Crippen molar-refractivity contribution < 1.29 is 0 Å². The second-order valence-electron chi connectivity index (χ2n) is 7.10. The van der Waals surface area contributed by atoms with Crippen molar-refractivity contribution in [3.63, 3.8) is 0 Å². The molecule has 0 aliphatic rings. The van der Waals surface area contributed by atoms with Crippen LogP contribution < -0.4 is 0 Å². The van der Waals surface area contributed by atoms with Gasteiger partial charge in [-0.2, -0.15) is 0 Å². The van der Waals surface area contributed by atoms with Crippen LogP contribution in [0.15, 0.2) is 102 Å². The molecule has 29 heavy (non-hydrogen) atoms. The molecule has 0 spiro atoms. The summed E-state index contributed by atoms with van der Waals surface area (Å²) in [6, 6.07) is 33.7. The minimum atomic E-state index is 0.915. The number of fused-ring (bicyclic) bond motifs is 5. The predicted octanol–water partition coefficient (Wildman–Crippen LogP) is 6.86. The molecule has 0 unspecified atom stereocenters. The maximum absolute atomic E-state index is 4.99. The van der Waals surface area contributed by atoms with E-state index >= 15 is 0 Å². The van der Waals surface area contributed by atoms with Crippen LogP contribution in [0.25, 0.3) is 44.7 Å². The van der Waals surface area contributed by atoms with E-state index in [0.717, 1.165) is 38.0 Å². The van der Waals surface area contributed by atoms with Gasteiger partial charge in [-0.3, -0.25) is 8.97 Å². The summed E-state index contributed by atoms with van der Waals surface area (Å²) in [5.74, 6) is 0.915. The molecule has 0 saturated carbocycles. The van der Waals surface area contributed by atoms with Gasteiger partial charge in [0.2, 0.25) is 5.78 Å². The summed E-state index contributed by atoms with van der Waals surface area (Å²) in [6.07, 6.45) is 0. The lowest BCUT2D eigenvalue weighted by molar-refractivity contribution is 1.11. The van der Waals surface area contributed by atoms with Gasteiger partial charge in [-0.1, -0.05) is 60.7 Å². The molecule has 0 fully saturated rings. The summed E-state index contributed by atoms with van der Waals surface area (Å²) >= 11 is 3.72. The molecule has 6 aromatic rings. The lowest BCUT2D eigenvalue weighted by atomic mass is 10.1. The number of benzene rings is 4. The third-order valence-electron chi connectivity index (χ3n) is 5.38. The van der Waals surface area contributed by atoms with E-state index in [1.54, 1.807) is 0 Å². The average molecular weight is 438 g/mol. The monoisotopic (exact) mass is 437 g/mol. The molecule has 2 aromatic heterocycles. The number of nitrogens with zero attached hydrogens (tertiary/aromatic N) is 3. The van der Waals surface area contributed by atoms with Gasteiger partial charge >= 0.3 is 0 Å². The predicted molar refractivity (Wildman–Crippen MR) is 123 cm³/mol. The summed E-state index contributed by atoms with van der Waals surface area (Å²) in [5, 5.41) is 0. The number of hydrogen-bond acceptors (Lipinski definition) is 1. The minimum absolute atomic E-state index is 0.915. The van der Waals surface area contributed by atoms with E-state index in [-0.39, 0.29) is 0 Å². The van der Waals surface area contributed by atoms with Crippen LogP contribution in [0.4, 0.5) is 0 Å². The Morgan fingerprint density at radius 2 is 1.38 bits per heavy atom. The van der Waals surface area contributed by atoms with E-state index in [0.29, 0.717) is 0 Å². The van der Waals surface area contributed by atoms with Crippen molar-refractivity contribution in [2.75, 3.05) is 0 Å². The van der Waals surface area contributed by atoms with Gasteiger partial charge in [0.25, 0.3) is 0 Å². The molecule has 0 aliphatic carbocycles. The van der Waals surface area contributed by atoms with Gasteiger partial charge in [0, 0.05) is 10.2 Å². The van der Waals surface area contributed by atoms with E-state index in [2.05, 4.69) is 110 Å². The second-order valence-corrected chi connectivity index (χ2v) is 7.95. The Morgan fingerprint density at radius 3 is 2.24 bits per heavy atom. The maximum Gasteiger partial charge on any atom is 0.220 e. The van der Waals surface area contributed by atoms with Crippen LogP contribution in [0.3, 0.4) is 0 Å². The third kappa shape index (κ3) is 2.46. The van der Waals surface area contributed by atoms with Gasteiger partial charge in [-0.05, 0) is 63.5 Å². The number of aromatic nitrogens is 3. The molecular weight excluding hydrogens is 422 g/mol. The van der Waals surface area contributed by atoms with Gasteiger partial charge in [0.05, 0.1) is 22.1 Å². The molecule has 4 aromatic carbocycles. The van der Waals surface area contributed by atoms with Crippen molar-refractivity contribution in [3.8, 4) is 16.8 Å². The molecular formula is C25H16BrN3. The van der Waals surface area contributed by atoms with Gasteiger partial charge < -0.3 is 0 Å². The van der Waals surface area contributed by atoms with Crippen molar-refractivity contribution in [2.45, 2.75) is 0 Å². The number of imidazole rings is 2. The van der Waals surface area contributed by atoms with Crippen LogP contribution in [0, 0.1) is 0 Å². The third-order valence-corrected chi connectivity index (χ3v) is 6.02. The fourth-order valence-electron chi connectivity index (χ4n) is 4.11. The van der Waals surface area contributed by atoms with Crippen molar-refractivity contribution in [3.05, 3.63) is 102 Å². The molecule has 4 heteroatoms. The molecule has 3 nitrogen and oxygen atoms in total. The first-order chi connectivity index (χ1) is 14.3. The van der Waals surface area contributed by atoms with E-state index in [1.165, 1.54) is 11.1 Å². The zero-order valence-corrected chi connectivity index (χ0v) is 17.0. The molecule has 0 bridgehead atoms. The molecule has 0 aliphatic heterocycles. The Bertz CT molecular complexity index is 1510. The van der Waals surface area contributed by atoms with E-state index in [1.807, 2.05) is 12.1 Å². The highest BCUT2D eigenvalue weighted by molar-refractivity contribution is 9.10. The molecule has 0 N–H and O–H groups in total. The SMILES string of the molecule is Brc1cccc2nc3n(-c4cccc(-c5ccccc5)c4)c4ccccc4n3c12.